The first-order valence-electron chi connectivity index (χ1n) is 9.11. The third-order valence-corrected chi connectivity index (χ3v) is 4.57. The molecule has 2 aromatic carbocycles. The van der Waals surface area contributed by atoms with Crippen LogP contribution in [0.1, 0.15) is 17.5 Å². The Kier molecular flexibility index (Phi) is 6.43. The largest absolute Gasteiger partial charge is 0.573 e. The third kappa shape index (κ3) is 6.25. The Balaban J connectivity index is 1.50. The number of nitrogens with zero attached hydrogens (tertiary/aromatic N) is 1. The fourth-order valence-corrected chi connectivity index (χ4v) is 3.12. The predicted molar refractivity (Wildman–Crippen MR) is 102 cm³/mol. The van der Waals surface area contributed by atoms with Crippen molar-refractivity contribution in [2.45, 2.75) is 19.3 Å². The molecule has 0 atom stereocenters. The van der Waals surface area contributed by atoms with E-state index in [1.54, 1.807) is 18.2 Å². The lowest BCUT2D eigenvalue weighted by molar-refractivity contribution is -0.274. The van der Waals surface area contributed by atoms with Crippen molar-refractivity contribution in [3.05, 3.63) is 65.7 Å². The van der Waals surface area contributed by atoms with Crippen molar-refractivity contribution in [3.63, 3.8) is 0 Å². The molecule has 1 amide bonds. The van der Waals surface area contributed by atoms with Crippen LogP contribution in [0.2, 0.25) is 0 Å². The first-order chi connectivity index (χ1) is 13.8. The lowest BCUT2D eigenvalue weighted by Crippen LogP contribution is -2.39. The Morgan fingerprint density at radius 1 is 1.14 bits per heavy atom. The van der Waals surface area contributed by atoms with E-state index in [4.69, 9.17) is 0 Å². The van der Waals surface area contributed by atoms with Gasteiger partial charge in [-0.05, 0) is 35.8 Å². The summed E-state index contributed by atoms with van der Waals surface area (Å²) in [5.74, 6) is -0.376. The van der Waals surface area contributed by atoms with Crippen molar-refractivity contribution in [2.75, 3.05) is 19.6 Å². The molecule has 0 saturated carbocycles. The molecule has 5 nitrogen and oxygen atoms in total. The Hall–Kier alpha value is -3.00. The lowest BCUT2D eigenvalue weighted by Gasteiger charge is -2.26. The molecule has 1 aliphatic rings. The molecule has 0 saturated heterocycles. The van der Waals surface area contributed by atoms with Crippen molar-refractivity contribution in [3.8, 4) is 11.5 Å². The number of carbonyl (C=O) groups is 1. The zero-order valence-electron chi connectivity index (χ0n) is 15.6. The molecule has 0 aliphatic carbocycles. The van der Waals surface area contributed by atoms with Crippen LogP contribution in [0.4, 0.5) is 13.2 Å². The van der Waals surface area contributed by atoms with E-state index in [-0.39, 0.29) is 36.1 Å². The van der Waals surface area contributed by atoms with Crippen molar-refractivity contribution in [2.24, 2.45) is 0 Å². The topological polar surface area (TPSA) is 61.8 Å². The summed E-state index contributed by atoms with van der Waals surface area (Å²) in [5.41, 5.74) is 2.44. The second-order valence-electron chi connectivity index (χ2n) is 6.69. The second-order valence-corrected chi connectivity index (χ2v) is 6.69. The maximum atomic E-state index is 12.5. The minimum Gasteiger partial charge on any atom is -0.508 e. The molecular weight excluding hydrogens is 385 g/mol. The van der Waals surface area contributed by atoms with E-state index in [9.17, 15) is 23.1 Å². The van der Waals surface area contributed by atoms with Gasteiger partial charge in [-0.25, -0.2) is 0 Å². The van der Waals surface area contributed by atoms with Crippen molar-refractivity contribution < 1.29 is 27.8 Å². The van der Waals surface area contributed by atoms with Gasteiger partial charge in [-0.3, -0.25) is 9.69 Å². The van der Waals surface area contributed by atoms with Gasteiger partial charge in [0.25, 0.3) is 0 Å². The zero-order chi connectivity index (χ0) is 20.9. The van der Waals surface area contributed by atoms with E-state index in [0.717, 1.165) is 17.6 Å². The van der Waals surface area contributed by atoms with Crippen LogP contribution < -0.4 is 10.1 Å². The van der Waals surface area contributed by atoms with Crippen LogP contribution in [0.5, 0.6) is 11.5 Å². The molecule has 0 bridgehead atoms. The van der Waals surface area contributed by atoms with Gasteiger partial charge < -0.3 is 15.2 Å². The van der Waals surface area contributed by atoms with Crippen LogP contribution >= 0.6 is 0 Å². The molecule has 0 fully saturated rings. The Morgan fingerprint density at radius 2 is 1.86 bits per heavy atom. The summed E-state index contributed by atoms with van der Waals surface area (Å²) in [4.78, 5) is 14.2. The summed E-state index contributed by atoms with van der Waals surface area (Å²) in [6, 6.07) is 12.7. The van der Waals surface area contributed by atoms with Crippen LogP contribution in [0, 0.1) is 0 Å². The quantitative estimate of drug-likeness (QED) is 0.768. The van der Waals surface area contributed by atoms with Gasteiger partial charge in [0.15, 0.2) is 0 Å². The molecule has 0 unspecified atom stereocenters. The lowest BCUT2D eigenvalue weighted by atomic mass is 9.99. The predicted octanol–water partition coefficient (Wildman–Crippen LogP) is 3.70. The van der Waals surface area contributed by atoms with Crippen molar-refractivity contribution in [1.29, 1.82) is 0 Å². The number of hydrogen-bond donors (Lipinski definition) is 2. The highest BCUT2D eigenvalue weighted by Gasteiger charge is 2.32. The van der Waals surface area contributed by atoms with Gasteiger partial charge in [0.2, 0.25) is 5.91 Å². The number of rotatable bonds is 6. The van der Waals surface area contributed by atoms with Gasteiger partial charge in [-0.15, -0.1) is 13.2 Å². The molecule has 2 N–H and O–H groups in total. The molecule has 154 valence electrons. The van der Waals surface area contributed by atoms with E-state index in [1.807, 2.05) is 23.1 Å². The molecule has 0 spiro atoms. The third-order valence-electron chi connectivity index (χ3n) is 4.57. The average molecular weight is 406 g/mol. The normalized spacial score (nSPS) is 14.9. The fraction of sp³-hybridized carbons (Fsp3) is 0.286. The second kappa shape index (κ2) is 9.00. The number of amides is 1. The van der Waals surface area contributed by atoms with Crippen LogP contribution in [-0.2, 0) is 11.3 Å². The number of para-hydroxylation sites is 1. The van der Waals surface area contributed by atoms with Gasteiger partial charge >= 0.3 is 6.36 Å². The SMILES string of the molecule is O=C(CN1CC=C(c2ccc(O)cc2)CC1)NCc1ccccc1OC(F)(F)F. The number of aromatic hydroxyl groups is 1. The Labute approximate surface area is 166 Å². The van der Waals surface area contributed by atoms with Gasteiger partial charge in [-0.2, -0.15) is 0 Å². The van der Waals surface area contributed by atoms with Gasteiger partial charge in [0, 0.05) is 25.2 Å². The van der Waals surface area contributed by atoms with Gasteiger partial charge in [0.05, 0.1) is 6.54 Å². The van der Waals surface area contributed by atoms with Gasteiger partial charge in [0.1, 0.15) is 11.5 Å². The maximum absolute atomic E-state index is 12.5. The summed E-state index contributed by atoms with van der Waals surface area (Å²) >= 11 is 0. The fourth-order valence-electron chi connectivity index (χ4n) is 3.12. The average Bonchev–Trinajstić information content (AvgIpc) is 2.67. The molecular formula is C21H21F3N2O3. The standard InChI is InChI=1S/C21H21F3N2O3/c22-21(23,24)29-19-4-2-1-3-17(19)13-25-20(28)14-26-11-9-16(10-12-26)15-5-7-18(27)8-6-15/h1-9,27H,10-14H2,(H,25,28). The van der Waals surface area contributed by atoms with Crippen LogP contribution in [0.3, 0.4) is 0 Å². The molecule has 29 heavy (non-hydrogen) atoms. The Morgan fingerprint density at radius 3 is 2.52 bits per heavy atom. The first kappa shape index (κ1) is 20.7. The molecule has 1 aliphatic heterocycles. The minimum atomic E-state index is -4.78. The molecule has 8 heteroatoms. The molecule has 2 aromatic rings. The summed E-state index contributed by atoms with van der Waals surface area (Å²) < 4.78 is 41.4. The van der Waals surface area contributed by atoms with E-state index in [2.05, 4.69) is 10.1 Å². The van der Waals surface area contributed by atoms with E-state index < -0.39 is 6.36 Å². The number of hydrogen-bond acceptors (Lipinski definition) is 4. The summed E-state index contributed by atoms with van der Waals surface area (Å²) in [6.07, 6.45) is -1.98. The number of halogens is 3. The molecule has 3 rings (SSSR count). The number of benzene rings is 2. The number of alkyl halides is 3. The van der Waals surface area contributed by atoms with Crippen LogP contribution in [0.15, 0.2) is 54.6 Å². The van der Waals surface area contributed by atoms with Crippen molar-refractivity contribution in [1.82, 2.24) is 10.2 Å². The first-order valence-corrected chi connectivity index (χ1v) is 9.11. The van der Waals surface area contributed by atoms with Gasteiger partial charge in [-0.1, -0.05) is 36.4 Å². The minimum absolute atomic E-state index is 0.0481. The highest BCUT2D eigenvalue weighted by molar-refractivity contribution is 5.78. The summed E-state index contributed by atoms with van der Waals surface area (Å²) in [5, 5.41) is 12.0. The molecule has 0 radical (unpaired) electrons. The van der Waals surface area contributed by atoms with E-state index >= 15 is 0 Å². The number of nitrogens with one attached hydrogen (secondary N) is 1. The van der Waals surface area contributed by atoms with E-state index in [1.165, 1.54) is 18.2 Å². The summed E-state index contributed by atoms with van der Waals surface area (Å²) in [7, 11) is 0. The van der Waals surface area contributed by atoms with Crippen LogP contribution in [-0.4, -0.2) is 41.9 Å². The molecule has 1 heterocycles. The number of phenols is 1. The summed E-state index contributed by atoms with van der Waals surface area (Å²) in [6.45, 7) is 1.39. The number of ether oxygens (including phenoxy) is 1. The van der Waals surface area contributed by atoms with E-state index in [0.29, 0.717) is 13.1 Å². The highest BCUT2D eigenvalue weighted by atomic mass is 19.4. The van der Waals surface area contributed by atoms with Crippen molar-refractivity contribution >= 4 is 11.5 Å². The smallest absolute Gasteiger partial charge is 0.508 e. The monoisotopic (exact) mass is 406 g/mol. The van der Waals surface area contributed by atoms with Crippen LogP contribution in [0.25, 0.3) is 5.57 Å². The number of carbonyl (C=O) groups excluding carboxylic acids is 1. The Bertz CT molecular complexity index is 879. The molecule has 0 aromatic heterocycles. The highest BCUT2D eigenvalue weighted by Crippen LogP contribution is 2.26. The zero-order valence-corrected chi connectivity index (χ0v) is 15.6. The maximum Gasteiger partial charge on any atom is 0.573 e. The number of phenolic OH excluding ortho intramolecular Hbond substituents is 1.